The number of pyridine rings is 1. The van der Waals surface area contributed by atoms with Crippen molar-refractivity contribution in [3.8, 4) is 0 Å². The molecule has 22 heavy (non-hydrogen) atoms. The van der Waals surface area contributed by atoms with Gasteiger partial charge in [0.2, 0.25) is 0 Å². The normalized spacial score (nSPS) is 15.4. The first-order valence-corrected chi connectivity index (χ1v) is 7.96. The van der Waals surface area contributed by atoms with Gasteiger partial charge in [0.25, 0.3) is 0 Å². The molecule has 120 valence electrons. The lowest BCUT2D eigenvalue weighted by atomic mass is 10.1. The maximum Gasteiger partial charge on any atom is 0.190 e. The van der Waals surface area contributed by atoms with E-state index in [0.29, 0.717) is 5.15 Å². The largest absolute Gasteiger partial charge is 0.377 e. The van der Waals surface area contributed by atoms with Gasteiger partial charge in [-0.15, -0.1) is 0 Å². The summed E-state index contributed by atoms with van der Waals surface area (Å²) in [6.45, 7) is 3.28. The summed E-state index contributed by atoms with van der Waals surface area (Å²) in [6, 6.07) is 3.80. The van der Waals surface area contributed by atoms with Gasteiger partial charge >= 0.3 is 0 Å². The standard InChI is InChI=1S/C16H23ClN4O/c1-18-16(19-8-4-13-6-10-22-11-7-13)20-9-5-14-2-3-15(17)21-12-14/h2-3,6,12H,4-5,7-11H2,1H3,(H2,18,19,20). The molecule has 6 heteroatoms. The highest BCUT2D eigenvalue weighted by molar-refractivity contribution is 6.29. The predicted octanol–water partition coefficient (Wildman–Crippen LogP) is 2.18. The maximum atomic E-state index is 5.77. The summed E-state index contributed by atoms with van der Waals surface area (Å²) in [6.07, 6.45) is 6.93. The molecule has 0 spiro atoms. The fourth-order valence-electron chi connectivity index (χ4n) is 2.23. The first kappa shape index (κ1) is 16.8. The third kappa shape index (κ3) is 6.03. The van der Waals surface area contributed by atoms with Crippen LogP contribution in [0.25, 0.3) is 0 Å². The van der Waals surface area contributed by atoms with Crippen LogP contribution >= 0.6 is 11.6 Å². The lowest BCUT2D eigenvalue weighted by Crippen LogP contribution is -2.38. The average molecular weight is 323 g/mol. The minimum absolute atomic E-state index is 0.525. The van der Waals surface area contributed by atoms with Gasteiger partial charge in [0.1, 0.15) is 5.15 Å². The Bertz CT molecular complexity index is 513. The number of guanidine groups is 1. The Hall–Kier alpha value is -1.59. The van der Waals surface area contributed by atoms with E-state index < -0.39 is 0 Å². The number of aliphatic imine (C=N–C) groups is 1. The highest BCUT2D eigenvalue weighted by Crippen LogP contribution is 2.10. The Kier molecular flexibility index (Phi) is 7.19. The molecule has 0 unspecified atom stereocenters. The molecule has 0 aromatic carbocycles. The molecule has 0 saturated carbocycles. The lowest BCUT2D eigenvalue weighted by Gasteiger charge is -2.15. The van der Waals surface area contributed by atoms with Gasteiger partial charge < -0.3 is 15.4 Å². The summed E-state index contributed by atoms with van der Waals surface area (Å²) in [5.41, 5.74) is 2.61. The summed E-state index contributed by atoms with van der Waals surface area (Å²) in [5.74, 6) is 0.828. The number of hydrogen-bond donors (Lipinski definition) is 2. The van der Waals surface area contributed by atoms with Crippen LogP contribution in [0.2, 0.25) is 5.15 Å². The zero-order valence-corrected chi connectivity index (χ0v) is 13.7. The van der Waals surface area contributed by atoms with Crippen LogP contribution in [-0.4, -0.2) is 44.3 Å². The van der Waals surface area contributed by atoms with Crippen LogP contribution in [0, 0.1) is 0 Å². The molecular formula is C16H23ClN4O. The molecule has 1 aromatic rings. The first-order valence-electron chi connectivity index (χ1n) is 7.58. The van der Waals surface area contributed by atoms with Gasteiger partial charge in [0, 0.05) is 26.3 Å². The topological polar surface area (TPSA) is 58.5 Å². The van der Waals surface area contributed by atoms with Crippen molar-refractivity contribution in [1.29, 1.82) is 0 Å². The highest BCUT2D eigenvalue weighted by Gasteiger charge is 2.04. The lowest BCUT2D eigenvalue weighted by molar-refractivity contribution is 0.153. The SMILES string of the molecule is CN=C(NCCC1=CCOCC1)NCCc1ccc(Cl)nc1. The van der Waals surface area contributed by atoms with Crippen molar-refractivity contribution < 1.29 is 4.74 Å². The Morgan fingerprint density at radius 2 is 2.14 bits per heavy atom. The second kappa shape index (κ2) is 9.43. The molecular weight excluding hydrogens is 300 g/mol. The van der Waals surface area contributed by atoms with Crippen LogP contribution in [0.1, 0.15) is 18.4 Å². The zero-order chi connectivity index (χ0) is 15.6. The molecule has 5 nitrogen and oxygen atoms in total. The highest BCUT2D eigenvalue weighted by atomic mass is 35.5. The van der Waals surface area contributed by atoms with Gasteiger partial charge in [0.05, 0.1) is 13.2 Å². The predicted molar refractivity (Wildman–Crippen MR) is 90.5 cm³/mol. The fraction of sp³-hybridized carbons (Fsp3) is 0.500. The second-order valence-electron chi connectivity index (χ2n) is 5.10. The van der Waals surface area contributed by atoms with Crippen LogP contribution in [-0.2, 0) is 11.2 Å². The van der Waals surface area contributed by atoms with Crippen molar-refractivity contribution in [3.63, 3.8) is 0 Å². The van der Waals surface area contributed by atoms with E-state index in [1.54, 1.807) is 13.2 Å². The Labute approximate surface area is 136 Å². The molecule has 0 atom stereocenters. The zero-order valence-electron chi connectivity index (χ0n) is 12.9. The van der Waals surface area contributed by atoms with E-state index in [2.05, 4.69) is 26.7 Å². The molecule has 2 N–H and O–H groups in total. The summed E-state index contributed by atoms with van der Waals surface area (Å²) in [7, 11) is 1.78. The number of halogens is 1. The molecule has 0 saturated heterocycles. The van der Waals surface area contributed by atoms with Gasteiger partial charge in [0.15, 0.2) is 5.96 Å². The van der Waals surface area contributed by atoms with E-state index >= 15 is 0 Å². The van der Waals surface area contributed by atoms with Crippen LogP contribution in [0.5, 0.6) is 0 Å². The quantitative estimate of drug-likeness (QED) is 0.365. The van der Waals surface area contributed by atoms with E-state index in [9.17, 15) is 0 Å². The minimum atomic E-state index is 0.525. The number of nitrogens with zero attached hydrogens (tertiary/aromatic N) is 2. The summed E-state index contributed by atoms with van der Waals surface area (Å²) in [4.78, 5) is 8.30. The number of nitrogens with one attached hydrogen (secondary N) is 2. The van der Waals surface area contributed by atoms with Crippen molar-refractivity contribution in [2.24, 2.45) is 4.99 Å². The molecule has 2 heterocycles. The second-order valence-corrected chi connectivity index (χ2v) is 5.49. The van der Waals surface area contributed by atoms with Crippen LogP contribution in [0.15, 0.2) is 35.0 Å². The van der Waals surface area contributed by atoms with Crippen LogP contribution in [0.3, 0.4) is 0 Å². The van der Waals surface area contributed by atoms with Crippen molar-refractivity contribution in [1.82, 2.24) is 15.6 Å². The molecule has 2 rings (SSSR count). The van der Waals surface area contributed by atoms with Crippen molar-refractivity contribution in [2.45, 2.75) is 19.3 Å². The van der Waals surface area contributed by atoms with Crippen molar-refractivity contribution in [2.75, 3.05) is 33.4 Å². The van der Waals surface area contributed by atoms with E-state index in [-0.39, 0.29) is 0 Å². The van der Waals surface area contributed by atoms with E-state index in [1.807, 2.05) is 12.1 Å². The first-order chi connectivity index (χ1) is 10.8. The fourth-order valence-corrected chi connectivity index (χ4v) is 2.35. The molecule has 0 bridgehead atoms. The van der Waals surface area contributed by atoms with E-state index in [1.165, 1.54) is 5.57 Å². The summed E-state index contributed by atoms with van der Waals surface area (Å²) < 4.78 is 5.30. The van der Waals surface area contributed by atoms with Crippen molar-refractivity contribution in [3.05, 3.63) is 40.7 Å². The third-order valence-corrected chi connectivity index (χ3v) is 3.74. The molecule has 0 radical (unpaired) electrons. The minimum Gasteiger partial charge on any atom is -0.377 e. The van der Waals surface area contributed by atoms with E-state index in [4.69, 9.17) is 16.3 Å². The van der Waals surface area contributed by atoms with Crippen LogP contribution in [0.4, 0.5) is 0 Å². The molecule has 0 amide bonds. The Morgan fingerprint density at radius 3 is 2.77 bits per heavy atom. The molecule has 1 aliphatic heterocycles. The van der Waals surface area contributed by atoms with Crippen molar-refractivity contribution >= 4 is 17.6 Å². The Morgan fingerprint density at radius 1 is 1.32 bits per heavy atom. The number of aromatic nitrogens is 1. The summed E-state index contributed by atoms with van der Waals surface area (Å²) in [5, 5.41) is 7.16. The van der Waals surface area contributed by atoms with Gasteiger partial charge in [-0.05, 0) is 30.9 Å². The average Bonchev–Trinajstić information content (AvgIpc) is 2.56. The molecule has 1 aromatic heterocycles. The molecule has 0 fully saturated rings. The van der Waals surface area contributed by atoms with Gasteiger partial charge in [-0.3, -0.25) is 4.99 Å². The third-order valence-electron chi connectivity index (χ3n) is 3.51. The van der Waals surface area contributed by atoms with Gasteiger partial charge in [-0.2, -0.15) is 0 Å². The molecule has 1 aliphatic rings. The van der Waals surface area contributed by atoms with Gasteiger partial charge in [-0.25, -0.2) is 4.98 Å². The van der Waals surface area contributed by atoms with Crippen LogP contribution < -0.4 is 10.6 Å². The maximum absolute atomic E-state index is 5.77. The number of ether oxygens (including phenoxy) is 1. The number of rotatable bonds is 6. The monoisotopic (exact) mass is 322 g/mol. The van der Waals surface area contributed by atoms with Gasteiger partial charge in [-0.1, -0.05) is 29.3 Å². The smallest absolute Gasteiger partial charge is 0.190 e. The van der Waals surface area contributed by atoms with E-state index in [0.717, 1.165) is 57.1 Å². The molecule has 0 aliphatic carbocycles. The number of hydrogen-bond acceptors (Lipinski definition) is 3. The Balaban J connectivity index is 1.64. The summed E-state index contributed by atoms with van der Waals surface area (Å²) >= 11 is 5.77.